The summed E-state index contributed by atoms with van der Waals surface area (Å²) < 4.78 is 16.0. The van der Waals surface area contributed by atoms with Crippen molar-refractivity contribution in [1.82, 2.24) is 29.3 Å². The third-order valence-corrected chi connectivity index (χ3v) is 7.47. The van der Waals surface area contributed by atoms with Crippen LogP contribution in [0.5, 0.6) is 11.5 Å². The Kier molecular flexibility index (Phi) is 5.75. The highest BCUT2D eigenvalue weighted by molar-refractivity contribution is 5.78. The van der Waals surface area contributed by atoms with Crippen molar-refractivity contribution in [2.24, 2.45) is 12.5 Å². The number of carbonyl (C=O) groups is 1. The number of imidazole rings is 1. The summed E-state index contributed by atoms with van der Waals surface area (Å²) in [5, 5.41) is 8.42. The number of nitrogens with one attached hydrogen (secondary N) is 1. The van der Waals surface area contributed by atoms with Crippen molar-refractivity contribution in [2.45, 2.75) is 58.4 Å². The van der Waals surface area contributed by atoms with Gasteiger partial charge in [-0.2, -0.15) is 10.1 Å². The van der Waals surface area contributed by atoms with Gasteiger partial charge in [-0.1, -0.05) is 20.8 Å². The molecule has 0 aromatic carbocycles. The van der Waals surface area contributed by atoms with Crippen molar-refractivity contribution in [2.75, 3.05) is 18.5 Å². The summed E-state index contributed by atoms with van der Waals surface area (Å²) in [6.45, 7) is 9.71. The monoisotopic (exact) mass is 515 g/mol. The summed E-state index contributed by atoms with van der Waals surface area (Å²) >= 11 is 0. The summed E-state index contributed by atoms with van der Waals surface area (Å²) in [6, 6.07) is 7.81. The third kappa shape index (κ3) is 4.53. The first-order valence-electron chi connectivity index (χ1n) is 13.0. The molecule has 10 nitrogen and oxygen atoms in total. The fourth-order valence-corrected chi connectivity index (χ4v) is 5.21. The van der Waals surface area contributed by atoms with Gasteiger partial charge in [0.25, 0.3) is 0 Å². The smallest absolute Gasteiger partial charge is 0.210 e. The Morgan fingerprint density at radius 1 is 1.21 bits per heavy atom. The van der Waals surface area contributed by atoms with E-state index in [-0.39, 0.29) is 29.1 Å². The lowest BCUT2D eigenvalue weighted by atomic mass is 9.90. The van der Waals surface area contributed by atoms with Gasteiger partial charge in [0.1, 0.15) is 17.3 Å². The van der Waals surface area contributed by atoms with E-state index in [1.807, 2.05) is 17.7 Å². The molecule has 0 bridgehead atoms. The van der Waals surface area contributed by atoms with Crippen molar-refractivity contribution in [3.63, 3.8) is 0 Å². The van der Waals surface area contributed by atoms with E-state index in [0.717, 1.165) is 17.9 Å². The van der Waals surface area contributed by atoms with Gasteiger partial charge in [0.05, 0.1) is 36.7 Å². The normalized spacial score (nSPS) is 18.3. The maximum atomic E-state index is 11.4. The molecule has 5 heterocycles. The second-order valence-electron chi connectivity index (χ2n) is 11.6. The molecule has 4 aromatic rings. The first-order chi connectivity index (χ1) is 18.1. The van der Waals surface area contributed by atoms with Gasteiger partial charge in [-0.3, -0.25) is 14.5 Å². The van der Waals surface area contributed by atoms with E-state index in [2.05, 4.69) is 46.8 Å². The van der Waals surface area contributed by atoms with Crippen LogP contribution in [0.2, 0.25) is 0 Å². The number of ketones is 1. The number of hydrogen-bond donors (Lipinski definition) is 1. The summed E-state index contributed by atoms with van der Waals surface area (Å²) in [7, 11) is 1.94. The van der Waals surface area contributed by atoms with Gasteiger partial charge in [0.2, 0.25) is 5.95 Å². The standard InChI is InChI=1S/C28H33N7O3/c1-17(36)10-18-11-19(6-9-29-18)38-20-12-21-25(30-14-20)32-26(34(21)5)31-24-13-22(27(2,3)4)35(33-24)23-15-37-16-28(23)7-8-28/h6,9,11-14,23H,7-8,10,15-16H2,1-5H3,(H,30,31,32,33)/t23-/m0/s1. The SMILES string of the molecule is CC(=O)Cc1cc(Oc2cnc3nc(Nc4cc(C(C)(C)C)n([C@H]5COCC56CC6)n4)n(C)c3c2)ccn1. The molecule has 2 aliphatic rings. The summed E-state index contributed by atoms with van der Waals surface area (Å²) in [5.41, 5.74) is 3.44. The lowest BCUT2D eigenvalue weighted by molar-refractivity contribution is -0.116. The van der Waals surface area contributed by atoms with Gasteiger partial charge < -0.3 is 19.4 Å². The van der Waals surface area contributed by atoms with Crippen LogP contribution in [0.15, 0.2) is 36.7 Å². The largest absolute Gasteiger partial charge is 0.456 e. The molecular formula is C28H33N7O3. The number of aryl methyl sites for hydroxylation is 1. The highest BCUT2D eigenvalue weighted by atomic mass is 16.5. The number of anilines is 2. The zero-order chi connectivity index (χ0) is 26.7. The van der Waals surface area contributed by atoms with Crippen LogP contribution in [0, 0.1) is 5.41 Å². The van der Waals surface area contributed by atoms with Crippen molar-refractivity contribution in [1.29, 1.82) is 0 Å². The Morgan fingerprint density at radius 2 is 2.03 bits per heavy atom. The van der Waals surface area contributed by atoms with Gasteiger partial charge in [-0.15, -0.1) is 0 Å². The number of pyridine rings is 2. The molecule has 1 saturated heterocycles. The van der Waals surface area contributed by atoms with Crippen molar-refractivity contribution in [3.8, 4) is 11.5 Å². The Labute approximate surface area is 221 Å². The van der Waals surface area contributed by atoms with Crippen LogP contribution in [0.25, 0.3) is 11.2 Å². The predicted molar refractivity (Wildman–Crippen MR) is 143 cm³/mol. The summed E-state index contributed by atoms with van der Waals surface area (Å²) in [5.74, 6) is 2.62. The quantitative estimate of drug-likeness (QED) is 0.371. The van der Waals surface area contributed by atoms with E-state index < -0.39 is 0 Å². The molecule has 1 N–H and O–H groups in total. The molecule has 1 aliphatic heterocycles. The van der Waals surface area contributed by atoms with Crippen LogP contribution >= 0.6 is 0 Å². The molecule has 10 heteroatoms. The Morgan fingerprint density at radius 3 is 2.76 bits per heavy atom. The van der Waals surface area contributed by atoms with Gasteiger partial charge in [0.15, 0.2) is 11.5 Å². The molecule has 0 radical (unpaired) electrons. The number of aromatic nitrogens is 6. The van der Waals surface area contributed by atoms with Crippen molar-refractivity contribution >= 4 is 28.7 Å². The van der Waals surface area contributed by atoms with Crippen LogP contribution in [-0.2, 0) is 28.4 Å². The number of hydrogen-bond acceptors (Lipinski definition) is 8. The van der Waals surface area contributed by atoms with E-state index in [4.69, 9.17) is 19.6 Å². The van der Waals surface area contributed by atoms with E-state index in [0.29, 0.717) is 35.4 Å². The molecule has 0 unspecified atom stereocenters. The zero-order valence-corrected chi connectivity index (χ0v) is 22.5. The highest BCUT2D eigenvalue weighted by Gasteiger charge is 2.55. The fraction of sp³-hybridized carbons (Fsp3) is 0.464. The molecule has 1 atom stereocenters. The maximum Gasteiger partial charge on any atom is 0.210 e. The lowest BCUT2D eigenvalue weighted by Gasteiger charge is -2.25. The van der Waals surface area contributed by atoms with E-state index in [1.165, 1.54) is 18.5 Å². The van der Waals surface area contributed by atoms with E-state index in [1.54, 1.807) is 31.5 Å². The second kappa shape index (κ2) is 8.90. The first kappa shape index (κ1) is 24.5. The molecule has 6 rings (SSSR count). The minimum atomic E-state index is -0.0665. The topological polar surface area (TPSA) is 109 Å². The number of nitrogens with zero attached hydrogens (tertiary/aromatic N) is 6. The first-order valence-corrected chi connectivity index (χ1v) is 13.0. The van der Waals surface area contributed by atoms with Gasteiger partial charge in [-0.25, -0.2) is 4.98 Å². The minimum Gasteiger partial charge on any atom is -0.456 e. The summed E-state index contributed by atoms with van der Waals surface area (Å²) in [4.78, 5) is 24.9. The van der Waals surface area contributed by atoms with Gasteiger partial charge >= 0.3 is 0 Å². The average molecular weight is 516 g/mol. The fourth-order valence-electron chi connectivity index (χ4n) is 5.21. The molecule has 1 spiro atoms. The van der Waals surface area contributed by atoms with Crippen LogP contribution in [0.3, 0.4) is 0 Å². The van der Waals surface area contributed by atoms with E-state index in [9.17, 15) is 4.79 Å². The minimum absolute atomic E-state index is 0.0516. The van der Waals surface area contributed by atoms with Crippen molar-refractivity contribution < 1.29 is 14.3 Å². The van der Waals surface area contributed by atoms with Crippen LogP contribution < -0.4 is 10.1 Å². The van der Waals surface area contributed by atoms with Crippen LogP contribution in [-0.4, -0.2) is 48.3 Å². The molecular weight excluding hydrogens is 482 g/mol. The van der Waals surface area contributed by atoms with E-state index >= 15 is 0 Å². The maximum absolute atomic E-state index is 11.4. The molecule has 2 fully saturated rings. The molecule has 4 aromatic heterocycles. The Hall–Kier alpha value is -3.79. The molecule has 38 heavy (non-hydrogen) atoms. The predicted octanol–water partition coefficient (Wildman–Crippen LogP) is 4.88. The third-order valence-electron chi connectivity index (χ3n) is 7.47. The number of rotatable bonds is 7. The summed E-state index contributed by atoms with van der Waals surface area (Å²) in [6.07, 6.45) is 5.95. The average Bonchev–Trinajstić information content (AvgIpc) is 3.16. The van der Waals surface area contributed by atoms with Gasteiger partial charge in [-0.05, 0) is 25.8 Å². The number of fused-ring (bicyclic) bond motifs is 1. The van der Waals surface area contributed by atoms with Crippen LogP contribution in [0.4, 0.5) is 11.8 Å². The molecule has 198 valence electrons. The Bertz CT molecular complexity index is 1530. The number of carbonyl (C=O) groups excluding carboxylic acids is 1. The molecule has 0 amide bonds. The number of Topliss-reactive ketones (excluding diaryl/α,β-unsaturated/α-hetero) is 1. The number of ether oxygens (including phenoxy) is 2. The van der Waals surface area contributed by atoms with Crippen molar-refractivity contribution in [3.05, 3.63) is 48.0 Å². The molecule has 1 aliphatic carbocycles. The highest BCUT2D eigenvalue weighted by Crippen LogP contribution is 2.58. The Balaban J connectivity index is 1.27. The van der Waals surface area contributed by atoms with Crippen LogP contribution in [0.1, 0.15) is 58.0 Å². The lowest BCUT2D eigenvalue weighted by Crippen LogP contribution is -2.26. The second-order valence-corrected chi connectivity index (χ2v) is 11.6. The zero-order valence-electron chi connectivity index (χ0n) is 22.5. The van der Waals surface area contributed by atoms with Gasteiger partial charge in [0, 0.05) is 54.4 Å². The molecule has 1 saturated carbocycles.